The van der Waals surface area contributed by atoms with E-state index in [1.54, 1.807) is 35.5 Å². The van der Waals surface area contributed by atoms with E-state index in [1.807, 2.05) is 63.6 Å². The van der Waals surface area contributed by atoms with Gasteiger partial charge in [0.1, 0.15) is 25.1 Å². The molecule has 14 nitrogen and oxygen atoms in total. The highest BCUT2D eigenvalue weighted by molar-refractivity contribution is 5.76. The van der Waals surface area contributed by atoms with E-state index in [-0.39, 0.29) is 29.8 Å². The molecule has 0 bridgehead atoms. The van der Waals surface area contributed by atoms with E-state index in [2.05, 4.69) is 19.9 Å². The van der Waals surface area contributed by atoms with Gasteiger partial charge in [0.05, 0.1) is 47.0 Å². The van der Waals surface area contributed by atoms with Crippen molar-refractivity contribution in [3.05, 3.63) is 98.6 Å². The highest BCUT2D eigenvalue weighted by Gasteiger charge is 2.32. The van der Waals surface area contributed by atoms with Crippen molar-refractivity contribution >= 4 is 34.4 Å². The fourth-order valence-corrected chi connectivity index (χ4v) is 6.64. The Kier molecular flexibility index (Phi) is 11.7. The normalized spacial score (nSPS) is 14.7. The number of likely N-dealkylation sites (tertiary alicyclic amines) is 1. The fraction of sp³-hybridized carbons (Fsp3) is 0.425. The van der Waals surface area contributed by atoms with Crippen LogP contribution in [-0.2, 0) is 29.2 Å². The Morgan fingerprint density at radius 3 is 2.04 bits per heavy atom. The number of amides is 1. The molecule has 2 aliphatic rings. The zero-order chi connectivity index (χ0) is 38.4. The molecule has 0 aromatic carbocycles. The third-order valence-electron chi connectivity index (χ3n) is 9.29. The van der Waals surface area contributed by atoms with E-state index in [9.17, 15) is 19.2 Å². The Labute approximate surface area is 313 Å². The highest BCUT2D eigenvalue weighted by Crippen LogP contribution is 2.31. The van der Waals surface area contributed by atoms with Gasteiger partial charge < -0.3 is 28.5 Å². The standard InChI is InChI=1S/C29H37N5O5.C11H10N2O2/c1-20-15-24-23(31-17-20)5-6-27(35)33(24)12-11-32-9-7-22(8-10-32)34(28(36)39-29(2,3)4)19-21-16-25-26(18-30-21)38-14-13-37-25;1-8-6-10-9(12-7-8)2-3-11(15)13(10)4-5-14/h5-6,15-18,22H,7-14,19H2,1-4H3;2-3,5-7H,4H2,1H3. The van der Waals surface area contributed by atoms with E-state index >= 15 is 0 Å². The number of rotatable bonds is 8. The van der Waals surface area contributed by atoms with Crippen molar-refractivity contribution in [2.24, 2.45) is 0 Å². The molecule has 0 radical (unpaired) electrons. The van der Waals surface area contributed by atoms with Crippen molar-refractivity contribution in [1.29, 1.82) is 0 Å². The first-order chi connectivity index (χ1) is 25.9. The van der Waals surface area contributed by atoms with Gasteiger partial charge in [-0.2, -0.15) is 0 Å². The minimum Gasteiger partial charge on any atom is -0.486 e. The molecule has 284 valence electrons. The van der Waals surface area contributed by atoms with Gasteiger partial charge in [-0.1, -0.05) is 0 Å². The Bertz CT molecular complexity index is 2250. The second kappa shape index (κ2) is 16.6. The first kappa shape index (κ1) is 38.1. The molecule has 0 aliphatic carbocycles. The van der Waals surface area contributed by atoms with Gasteiger partial charge in [-0.05, 0) is 82.9 Å². The lowest BCUT2D eigenvalue weighted by atomic mass is 10.0. The average molecular weight is 738 g/mol. The Morgan fingerprint density at radius 2 is 1.43 bits per heavy atom. The number of hydrogen-bond donors (Lipinski definition) is 0. The summed E-state index contributed by atoms with van der Waals surface area (Å²) in [5.41, 5.74) is 5.03. The third kappa shape index (κ3) is 9.29. The van der Waals surface area contributed by atoms with E-state index in [0.29, 0.717) is 49.6 Å². The van der Waals surface area contributed by atoms with Crippen LogP contribution in [-0.4, -0.2) is 90.8 Å². The molecule has 0 spiro atoms. The van der Waals surface area contributed by atoms with Gasteiger partial charge in [0.25, 0.3) is 11.1 Å². The quantitative estimate of drug-likeness (QED) is 0.204. The molecular weight excluding hydrogens is 690 g/mol. The summed E-state index contributed by atoms with van der Waals surface area (Å²) in [5, 5.41) is 0. The first-order valence-electron chi connectivity index (χ1n) is 18.2. The lowest BCUT2D eigenvalue weighted by molar-refractivity contribution is -0.108. The number of fused-ring (bicyclic) bond motifs is 3. The molecule has 1 fully saturated rings. The van der Waals surface area contributed by atoms with Crippen LogP contribution in [0.2, 0.25) is 0 Å². The van der Waals surface area contributed by atoms with E-state index in [0.717, 1.165) is 65.8 Å². The average Bonchev–Trinajstić information content (AvgIpc) is 3.14. The number of aryl methyl sites for hydroxylation is 2. The van der Waals surface area contributed by atoms with Gasteiger partial charge in [-0.3, -0.25) is 34.0 Å². The molecule has 7 rings (SSSR count). The summed E-state index contributed by atoms with van der Waals surface area (Å²) in [4.78, 5) is 65.2. The van der Waals surface area contributed by atoms with Gasteiger partial charge in [-0.25, -0.2) is 4.79 Å². The van der Waals surface area contributed by atoms with Crippen molar-refractivity contribution in [3.63, 3.8) is 0 Å². The number of aldehydes is 1. The lowest BCUT2D eigenvalue weighted by Gasteiger charge is -2.39. The van der Waals surface area contributed by atoms with Gasteiger partial charge in [0, 0.05) is 62.8 Å². The lowest BCUT2D eigenvalue weighted by Crippen LogP contribution is -2.49. The maximum atomic E-state index is 13.3. The molecule has 5 aromatic heterocycles. The molecule has 7 heterocycles. The summed E-state index contributed by atoms with van der Waals surface area (Å²) < 4.78 is 20.3. The van der Waals surface area contributed by atoms with Crippen LogP contribution >= 0.6 is 0 Å². The molecule has 0 saturated carbocycles. The monoisotopic (exact) mass is 737 g/mol. The summed E-state index contributed by atoms with van der Waals surface area (Å²) in [5.74, 6) is 1.28. The molecule has 1 saturated heterocycles. The molecule has 2 aliphatic heterocycles. The zero-order valence-electron chi connectivity index (χ0n) is 31.5. The summed E-state index contributed by atoms with van der Waals surface area (Å²) in [6.45, 7) is 13.9. The van der Waals surface area contributed by atoms with Gasteiger partial charge in [0.15, 0.2) is 11.5 Å². The van der Waals surface area contributed by atoms with Crippen LogP contribution in [0.3, 0.4) is 0 Å². The smallest absolute Gasteiger partial charge is 0.410 e. The maximum Gasteiger partial charge on any atom is 0.410 e. The molecule has 14 heteroatoms. The third-order valence-corrected chi connectivity index (χ3v) is 9.29. The number of ether oxygens (including phenoxy) is 3. The Morgan fingerprint density at radius 1 is 0.833 bits per heavy atom. The highest BCUT2D eigenvalue weighted by atomic mass is 16.6. The van der Waals surface area contributed by atoms with Crippen LogP contribution in [0.25, 0.3) is 22.1 Å². The molecule has 0 N–H and O–H groups in total. The number of piperidine rings is 1. The molecule has 0 atom stereocenters. The number of carbonyl (C=O) groups excluding carboxylic acids is 2. The van der Waals surface area contributed by atoms with Gasteiger partial charge in [0.2, 0.25) is 0 Å². The summed E-state index contributed by atoms with van der Waals surface area (Å²) in [6, 6.07) is 12.2. The predicted molar refractivity (Wildman–Crippen MR) is 204 cm³/mol. The molecule has 0 unspecified atom stereocenters. The minimum absolute atomic E-state index is 0.0122. The molecule has 54 heavy (non-hydrogen) atoms. The summed E-state index contributed by atoms with van der Waals surface area (Å²) in [7, 11) is 0. The fourth-order valence-electron chi connectivity index (χ4n) is 6.64. The minimum atomic E-state index is -0.602. The van der Waals surface area contributed by atoms with Crippen LogP contribution in [0.4, 0.5) is 4.79 Å². The van der Waals surface area contributed by atoms with Crippen molar-refractivity contribution in [2.75, 3.05) is 32.8 Å². The number of nitrogens with zero attached hydrogens (tertiary/aromatic N) is 7. The topological polar surface area (TPSA) is 151 Å². The molecular formula is C40H47N7O7. The van der Waals surface area contributed by atoms with Crippen LogP contribution in [0, 0.1) is 13.8 Å². The van der Waals surface area contributed by atoms with E-state index in [4.69, 9.17) is 14.2 Å². The van der Waals surface area contributed by atoms with Gasteiger partial charge in [-0.15, -0.1) is 0 Å². The Balaban J connectivity index is 0.000000276. The van der Waals surface area contributed by atoms with Crippen molar-refractivity contribution < 1.29 is 23.8 Å². The van der Waals surface area contributed by atoms with Crippen molar-refractivity contribution in [1.82, 2.24) is 33.9 Å². The molecule has 1 amide bonds. The van der Waals surface area contributed by atoms with Crippen LogP contribution in [0.1, 0.15) is 50.4 Å². The largest absolute Gasteiger partial charge is 0.486 e. The number of aromatic nitrogens is 5. The maximum absolute atomic E-state index is 13.3. The number of carbonyl (C=O) groups is 2. The number of pyridine rings is 5. The number of hydrogen-bond acceptors (Lipinski definition) is 11. The van der Waals surface area contributed by atoms with Crippen LogP contribution in [0.15, 0.2) is 70.6 Å². The van der Waals surface area contributed by atoms with E-state index in [1.165, 1.54) is 10.6 Å². The van der Waals surface area contributed by atoms with Crippen LogP contribution in [0.5, 0.6) is 11.5 Å². The Hall–Kier alpha value is -5.63. The second-order valence-corrected chi connectivity index (χ2v) is 14.6. The first-order valence-corrected chi connectivity index (χ1v) is 18.2. The zero-order valence-corrected chi connectivity index (χ0v) is 31.5. The van der Waals surface area contributed by atoms with Crippen molar-refractivity contribution in [3.8, 4) is 11.5 Å². The second-order valence-electron chi connectivity index (χ2n) is 14.6. The van der Waals surface area contributed by atoms with E-state index < -0.39 is 5.60 Å². The van der Waals surface area contributed by atoms with Gasteiger partial charge >= 0.3 is 6.09 Å². The van der Waals surface area contributed by atoms with Crippen LogP contribution < -0.4 is 20.6 Å². The SMILES string of the molecule is Cc1cnc2ccc(=O)n(CC=O)c2c1.Cc1cnc2ccc(=O)n(CCN3CCC(N(Cc4cc5c(cn4)OCCO5)C(=O)OC(C)(C)C)CC3)c2c1. The summed E-state index contributed by atoms with van der Waals surface area (Å²) in [6.07, 6.45) is 7.18. The van der Waals surface area contributed by atoms with Crippen molar-refractivity contribution in [2.45, 2.75) is 78.7 Å². The summed E-state index contributed by atoms with van der Waals surface area (Å²) >= 11 is 0. The molecule has 5 aromatic rings. The predicted octanol–water partition coefficient (Wildman–Crippen LogP) is 4.68.